The summed E-state index contributed by atoms with van der Waals surface area (Å²) in [5.74, 6) is 1.57. The summed E-state index contributed by atoms with van der Waals surface area (Å²) in [5.41, 5.74) is 0. The monoisotopic (exact) mass is 602 g/mol. The number of unbranched alkanes of at least 4 members (excludes halogenated alkanes) is 29. The van der Waals surface area contributed by atoms with E-state index in [1.807, 2.05) is 0 Å². The van der Waals surface area contributed by atoms with Crippen molar-refractivity contribution in [3.63, 3.8) is 0 Å². The van der Waals surface area contributed by atoms with Crippen LogP contribution in [0.4, 0.5) is 0 Å². The predicted octanol–water partition coefficient (Wildman–Crippen LogP) is 14.0. The van der Waals surface area contributed by atoms with Crippen molar-refractivity contribution in [1.29, 1.82) is 0 Å². The fourth-order valence-corrected chi connectivity index (χ4v) is 6.90. The van der Waals surface area contributed by atoms with Crippen LogP contribution >= 0.6 is 0 Å². The van der Waals surface area contributed by atoms with Gasteiger partial charge in [-0.25, -0.2) is 9.13 Å². The Bertz CT molecular complexity index is 675. The Morgan fingerprint density at radius 1 is 0.442 bits per heavy atom. The molecule has 0 saturated heterocycles. The SMILES string of the molecule is CCCCCCCCCCCCCCCCCCCc1n(CCCCCCCCCCCCCCCC)cc[n+]1C(C)C. The van der Waals surface area contributed by atoms with E-state index in [-0.39, 0.29) is 0 Å². The number of imidazole rings is 1. The zero-order chi connectivity index (χ0) is 31.1. The van der Waals surface area contributed by atoms with Crippen molar-refractivity contribution >= 4 is 0 Å². The molecule has 0 amide bonds. The summed E-state index contributed by atoms with van der Waals surface area (Å²) in [6, 6.07) is 0.568. The average Bonchev–Trinajstić information content (AvgIpc) is 3.41. The van der Waals surface area contributed by atoms with Crippen molar-refractivity contribution in [3.05, 3.63) is 18.2 Å². The molecule has 0 N–H and O–H groups in total. The molecule has 0 saturated carbocycles. The molecule has 0 aliphatic heterocycles. The van der Waals surface area contributed by atoms with E-state index in [1.54, 1.807) is 5.82 Å². The van der Waals surface area contributed by atoms with Crippen LogP contribution in [0, 0.1) is 0 Å². The van der Waals surface area contributed by atoms with Crippen LogP contribution in [0.5, 0.6) is 0 Å². The lowest BCUT2D eigenvalue weighted by Crippen LogP contribution is -2.39. The van der Waals surface area contributed by atoms with Crippen molar-refractivity contribution in [3.8, 4) is 0 Å². The van der Waals surface area contributed by atoms with E-state index in [0.29, 0.717) is 6.04 Å². The maximum Gasteiger partial charge on any atom is 0.256 e. The van der Waals surface area contributed by atoms with Gasteiger partial charge in [0.25, 0.3) is 5.82 Å². The van der Waals surface area contributed by atoms with Crippen molar-refractivity contribution in [2.24, 2.45) is 0 Å². The summed E-state index contributed by atoms with van der Waals surface area (Å²) >= 11 is 0. The molecule has 0 radical (unpaired) electrons. The number of hydrogen-bond donors (Lipinski definition) is 0. The van der Waals surface area contributed by atoms with Crippen LogP contribution in [0.1, 0.15) is 239 Å². The Labute approximate surface area is 272 Å². The second-order valence-electron chi connectivity index (χ2n) is 14.4. The summed E-state index contributed by atoms with van der Waals surface area (Å²) in [7, 11) is 0. The molecule has 0 spiro atoms. The van der Waals surface area contributed by atoms with Crippen molar-refractivity contribution in [1.82, 2.24) is 4.57 Å². The third-order valence-corrected chi connectivity index (χ3v) is 9.85. The van der Waals surface area contributed by atoms with E-state index in [1.165, 1.54) is 212 Å². The summed E-state index contributed by atoms with van der Waals surface area (Å²) in [6.45, 7) is 10.5. The van der Waals surface area contributed by atoms with Crippen LogP contribution in [0.25, 0.3) is 0 Å². The molecule has 0 unspecified atom stereocenters. The standard InChI is InChI=1S/C41H81N2/c1-5-7-9-11-13-15-17-19-21-22-23-24-26-28-30-32-34-36-41-42(38-39-43(41)40(3)4)37-35-33-31-29-27-25-20-18-16-14-12-10-8-6-2/h38-40H,5-37H2,1-4H3/q+1. The van der Waals surface area contributed by atoms with E-state index in [4.69, 9.17) is 0 Å². The van der Waals surface area contributed by atoms with Gasteiger partial charge in [0.2, 0.25) is 0 Å². The first-order valence-corrected chi connectivity index (χ1v) is 20.3. The van der Waals surface area contributed by atoms with Gasteiger partial charge >= 0.3 is 0 Å². The minimum absolute atomic E-state index is 0.568. The van der Waals surface area contributed by atoms with Crippen LogP contribution in [0.2, 0.25) is 0 Å². The number of aryl methyl sites for hydroxylation is 1. The van der Waals surface area contributed by atoms with Crippen molar-refractivity contribution < 1.29 is 4.57 Å². The third kappa shape index (κ3) is 24.2. The molecule has 2 heteroatoms. The Balaban J connectivity index is 2.01. The molecule has 0 bridgehead atoms. The fraction of sp³-hybridized carbons (Fsp3) is 0.927. The molecule has 1 heterocycles. The van der Waals surface area contributed by atoms with Gasteiger partial charge in [-0.1, -0.05) is 194 Å². The normalized spacial score (nSPS) is 11.7. The predicted molar refractivity (Wildman–Crippen MR) is 193 cm³/mol. The molecule has 0 fully saturated rings. The molecule has 254 valence electrons. The highest BCUT2D eigenvalue weighted by Gasteiger charge is 2.18. The van der Waals surface area contributed by atoms with Crippen molar-refractivity contribution in [2.75, 3.05) is 0 Å². The molecule has 0 aromatic carbocycles. The maximum atomic E-state index is 2.59. The highest BCUT2D eigenvalue weighted by molar-refractivity contribution is 4.85. The molecule has 43 heavy (non-hydrogen) atoms. The Morgan fingerprint density at radius 3 is 1.07 bits per heavy atom. The molecular formula is C41H81N2+. The molecule has 1 aromatic heterocycles. The number of hydrogen-bond acceptors (Lipinski definition) is 0. The lowest BCUT2D eigenvalue weighted by atomic mass is 10.0. The molecule has 2 nitrogen and oxygen atoms in total. The first-order valence-electron chi connectivity index (χ1n) is 20.3. The highest BCUT2D eigenvalue weighted by Crippen LogP contribution is 2.16. The Morgan fingerprint density at radius 2 is 0.744 bits per heavy atom. The van der Waals surface area contributed by atoms with Crippen LogP contribution in [-0.4, -0.2) is 4.57 Å². The first-order chi connectivity index (χ1) is 21.2. The quantitative estimate of drug-likeness (QED) is 0.0549. The van der Waals surface area contributed by atoms with Gasteiger partial charge in [-0.3, -0.25) is 0 Å². The maximum absolute atomic E-state index is 2.59. The van der Waals surface area contributed by atoms with Gasteiger partial charge in [-0.15, -0.1) is 0 Å². The molecule has 0 aliphatic rings. The number of rotatable bonds is 34. The van der Waals surface area contributed by atoms with Gasteiger partial charge < -0.3 is 0 Å². The van der Waals surface area contributed by atoms with Crippen LogP contribution in [0.3, 0.4) is 0 Å². The Hall–Kier alpha value is -0.790. The minimum atomic E-state index is 0.568. The zero-order valence-corrected chi connectivity index (χ0v) is 30.5. The van der Waals surface area contributed by atoms with Gasteiger partial charge in [0.05, 0.1) is 12.6 Å². The summed E-state index contributed by atoms with van der Waals surface area (Å²) in [5, 5.41) is 0. The minimum Gasteiger partial charge on any atom is -0.234 e. The second-order valence-corrected chi connectivity index (χ2v) is 14.4. The number of aromatic nitrogens is 2. The zero-order valence-electron chi connectivity index (χ0n) is 30.5. The van der Waals surface area contributed by atoms with Gasteiger partial charge in [0.1, 0.15) is 12.4 Å². The van der Waals surface area contributed by atoms with Gasteiger partial charge in [0.15, 0.2) is 0 Å². The van der Waals surface area contributed by atoms with E-state index in [0.717, 1.165) is 0 Å². The van der Waals surface area contributed by atoms with E-state index < -0.39 is 0 Å². The van der Waals surface area contributed by atoms with E-state index in [9.17, 15) is 0 Å². The molecule has 0 aliphatic carbocycles. The molecule has 1 aromatic rings. The molecule has 0 atom stereocenters. The summed E-state index contributed by atoms with van der Waals surface area (Å²) in [4.78, 5) is 0. The second kappa shape index (κ2) is 31.2. The lowest BCUT2D eigenvalue weighted by molar-refractivity contribution is -0.722. The van der Waals surface area contributed by atoms with E-state index in [2.05, 4.69) is 49.2 Å². The highest BCUT2D eigenvalue weighted by atomic mass is 15.2. The average molecular weight is 602 g/mol. The van der Waals surface area contributed by atoms with Gasteiger partial charge in [-0.2, -0.15) is 0 Å². The third-order valence-electron chi connectivity index (χ3n) is 9.85. The molecule has 1 rings (SSSR count). The smallest absolute Gasteiger partial charge is 0.234 e. The van der Waals surface area contributed by atoms with Gasteiger partial charge in [-0.05, 0) is 33.1 Å². The topological polar surface area (TPSA) is 8.81 Å². The van der Waals surface area contributed by atoms with Crippen LogP contribution in [-0.2, 0) is 13.0 Å². The summed E-state index contributed by atoms with van der Waals surface area (Å²) in [6.07, 6.45) is 50.7. The lowest BCUT2D eigenvalue weighted by Gasteiger charge is -2.08. The van der Waals surface area contributed by atoms with Crippen molar-refractivity contribution in [2.45, 2.75) is 246 Å². The molecular weight excluding hydrogens is 520 g/mol. The first kappa shape index (κ1) is 40.2. The van der Waals surface area contributed by atoms with Gasteiger partial charge in [0, 0.05) is 6.42 Å². The largest absolute Gasteiger partial charge is 0.256 e. The fourth-order valence-electron chi connectivity index (χ4n) is 6.90. The van der Waals surface area contributed by atoms with Crippen LogP contribution < -0.4 is 4.57 Å². The summed E-state index contributed by atoms with van der Waals surface area (Å²) < 4.78 is 5.13. The number of nitrogens with zero attached hydrogens (tertiary/aromatic N) is 2. The Kier molecular flexibility index (Phi) is 29.2. The van der Waals surface area contributed by atoms with E-state index >= 15 is 0 Å². The van der Waals surface area contributed by atoms with Crippen LogP contribution in [0.15, 0.2) is 12.4 Å².